The van der Waals surface area contributed by atoms with E-state index in [4.69, 9.17) is 14.3 Å². The second kappa shape index (κ2) is 21.4. The monoisotopic (exact) mass is 787 g/mol. The molecule has 2 unspecified atom stereocenters. The normalized spacial score (nSPS) is 12.4. The third kappa shape index (κ3) is 10.9. The van der Waals surface area contributed by atoms with Crippen LogP contribution in [0.15, 0.2) is 133 Å². The molecule has 0 aliphatic rings. The van der Waals surface area contributed by atoms with Crippen LogP contribution in [0.2, 0.25) is 0 Å². The van der Waals surface area contributed by atoms with E-state index in [1.165, 1.54) is 0 Å². The fraction of sp³-hybridized carbons (Fsp3) is 0.304. The Balaban J connectivity index is 1.56. The zero-order chi connectivity index (χ0) is 41.3. The first-order valence-corrected chi connectivity index (χ1v) is 19.6. The van der Waals surface area contributed by atoms with E-state index in [9.17, 15) is 14.4 Å². The largest absolute Gasteiger partial charge is 0.351 e. The number of carbonyl (C=O) groups excluding carboxylic acids is 4. The molecule has 0 saturated carbocycles. The molecule has 304 valence electrons. The van der Waals surface area contributed by atoms with E-state index in [2.05, 4.69) is 21.4 Å². The first-order valence-electron chi connectivity index (χ1n) is 19.6. The fourth-order valence-corrected chi connectivity index (χ4v) is 7.07. The number of hydrogen-bond donors (Lipinski definition) is 4. The van der Waals surface area contributed by atoms with Gasteiger partial charge in [-0.25, -0.2) is 10.3 Å². The number of nitrogens with one attached hydrogen (secondary N) is 4. The highest BCUT2D eigenvalue weighted by Gasteiger charge is 2.40. The van der Waals surface area contributed by atoms with E-state index in [0.717, 1.165) is 33.0 Å². The summed E-state index contributed by atoms with van der Waals surface area (Å²) < 4.78 is 12.0. The summed E-state index contributed by atoms with van der Waals surface area (Å²) in [6.07, 6.45) is -1.26. The Hall–Kier alpha value is -6.08. The SMILES string of the molecule is CCNC(=O)NOCC(=O)NC(CC(=O)NC(c1ccccc1)(c1ccccc1)c1ccccc1)C(=O)N(Cc1cccc2ccccc12)C(C)C(OCC)OCC. The average Bonchev–Trinajstić information content (AvgIpc) is 3.25. The van der Waals surface area contributed by atoms with E-state index >= 15 is 4.79 Å². The maximum Gasteiger partial charge on any atom is 0.338 e. The van der Waals surface area contributed by atoms with Crippen LogP contribution in [0.4, 0.5) is 4.79 Å². The van der Waals surface area contributed by atoms with Gasteiger partial charge in [-0.05, 0) is 60.7 Å². The van der Waals surface area contributed by atoms with Gasteiger partial charge in [0.05, 0.1) is 12.5 Å². The molecule has 4 N–H and O–H groups in total. The number of hydrogen-bond acceptors (Lipinski definition) is 7. The predicted octanol–water partition coefficient (Wildman–Crippen LogP) is 6.19. The lowest BCUT2D eigenvalue weighted by atomic mass is 9.77. The second-order valence-corrected chi connectivity index (χ2v) is 13.6. The molecular formula is C46H53N5O7. The van der Waals surface area contributed by atoms with Crippen molar-refractivity contribution in [1.82, 2.24) is 26.3 Å². The summed E-state index contributed by atoms with van der Waals surface area (Å²) in [5, 5.41) is 10.5. The quantitative estimate of drug-likeness (QED) is 0.0418. The summed E-state index contributed by atoms with van der Waals surface area (Å²) in [7, 11) is 0. The Kier molecular flexibility index (Phi) is 15.9. The fourth-order valence-electron chi connectivity index (χ4n) is 7.07. The molecular weight excluding hydrogens is 735 g/mol. The molecule has 12 heteroatoms. The predicted molar refractivity (Wildman–Crippen MR) is 223 cm³/mol. The molecule has 0 aromatic heterocycles. The first kappa shape index (κ1) is 43.1. The van der Waals surface area contributed by atoms with Gasteiger partial charge in [-0.2, -0.15) is 0 Å². The van der Waals surface area contributed by atoms with Gasteiger partial charge in [-0.1, -0.05) is 133 Å². The number of rotatable bonds is 20. The Morgan fingerprint density at radius 1 is 0.672 bits per heavy atom. The van der Waals surface area contributed by atoms with E-state index in [-0.39, 0.29) is 6.54 Å². The molecule has 0 heterocycles. The van der Waals surface area contributed by atoms with Crippen LogP contribution in [0.25, 0.3) is 10.8 Å². The zero-order valence-corrected chi connectivity index (χ0v) is 33.5. The van der Waals surface area contributed by atoms with Crippen LogP contribution >= 0.6 is 0 Å². The van der Waals surface area contributed by atoms with Crippen LogP contribution < -0.4 is 21.4 Å². The van der Waals surface area contributed by atoms with Gasteiger partial charge in [0, 0.05) is 26.3 Å². The third-order valence-corrected chi connectivity index (χ3v) is 9.73. The van der Waals surface area contributed by atoms with Crippen LogP contribution in [-0.4, -0.2) is 73.4 Å². The summed E-state index contributed by atoms with van der Waals surface area (Å²) in [5.41, 5.74) is 4.21. The van der Waals surface area contributed by atoms with Gasteiger partial charge >= 0.3 is 6.03 Å². The smallest absolute Gasteiger partial charge is 0.338 e. The summed E-state index contributed by atoms with van der Waals surface area (Å²) in [5.74, 6) is -1.79. The summed E-state index contributed by atoms with van der Waals surface area (Å²) in [6.45, 7) is 7.73. The lowest BCUT2D eigenvalue weighted by molar-refractivity contribution is -0.180. The van der Waals surface area contributed by atoms with Crippen LogP contribution in [0.5, 0.6) is 0 Å². The van der Waals surface area contributed by atoms with Crippen molar-refractivity contribution in [3.8, 4) is 0 Å². The molecule has 0 fully saturated rings. The molecule has 5 aromatic rings. The van der Waals surface area contributed by atoms with E-state index in [1.54, 1.807) is 11.8 Å². The number of urea groups is 1. The highest BCUT2D eigenvalue weighted by molar-refractivity contribution is 5.93. The maximum atomic E-state index is 15.2. The Bertz CT molecular complexity index is 1980. The summed E-state index contributed by atoms with van der Waals surface area (Å²) in [6, 6.07) is 39.9. The van der Waals surface area contributed by atoms with Gasteiger partial charge in [0.15, 0.2) is 12.9 Å². The molecule has 5 aromatic carbocycles. The van der Waals surface area contributed by atoms with Crippen molar-refractivity contribution >= 4 is 34.5 Å². The number of amides is 5. The van der Waals surface area contributed by atoms with Gasteiger partial charge in [0.25, 0.3) is 0 Å². The summed E-state index contributed by atoms with van der Waals surface area (Å²) >= 11 is 0. The zero-order valence-electron chi connectivity index (χ0n) is 33.5. The molecule has 0 radical (unpaired) electrons. The van der Waals surface area contributed by atoms with Crippen molar-refractivity contribution in [2.45, 2.75) is 64.6 Å². The molecule has 0 saturated heterocycles. The highest BCUT2D eigenvalue weighted by Crippen LogP contribution is 2.37. The molecule has 0 aliphatic heterocycles. The van der Waals surface area contributed by atoms with Gasteiger partial charge in [-0.3, -0.25) is 19.2 Å². The minimum Gasteiger partial charge on any atom is -0.351 e. The van der Waals surface area contributed by atoms with Gasteiger partial charge in [0.1, 0.15) is 11.6 Å². The molecule has 12 nitrogen and oxygen atoms in total. The number of fused-ring (bicyclic) bond motifs is 1. The molecule has 0 aliphatic carbocycles. The van der Waals surface area contributed by atoms with Gasteiger partial charge in [-0.15, -0.1) is 0 Å². The Morgan fingerprint density at radius 2 is 1.21 bits per heavy atom. The lowest BCUT2D eigenvalue weighted by Crippen LogP contribution is -2.57. The van der Waals surface area contributed by atoms with Crippen molar-refractivity contribution in [2.75, 3.05) is 26.4 Å². The standard InChI is InChI=1S/C46H53N5O7/c1-5-47-45(55)50-58-32-42(53)48-40(43(54)51(33(4)44(56-6-2)57-7-3)31-35-22-19-21-34-20-17-18-29-39(34)35)30-41(52)49-46(36-23-11-8-12-24-36,37-25-13-9-14-26-37)38-27-15-10-16-28-38/h8-29,33,40,44H,5-7,30-32H2,1-4H3,(H,48,53)(H,49,52)(H2,47,50,55). The van der Waals surface area contributed by atoms with E-state index in [0.29, 0.717) is 19.8 Å². The molecule has 58 heavy (non-hydrogen) atoms. The van der Waals surface area contributed by atoms with Crippen LogP contribution in [0.3, 0.4) is 0 Å². The number of nitrogens with zero attached hydrogens (tertiary/aromatic N) is 1. The lowest BCUT2D eigenvalue weighted by Gasteiger charge is -2.38. The topological polar surface area (TPSA) is 147 Å². The van der Waals surface area contributed by atoms with Gasteiger partial charge in [0.2, 0.25) is 17.7 Å². The van der Waals surface area contributed by atoms with Crippen molar-refractivity contribution in [2.24, 2.45) is 0 Å². The number of hydroxylamine groups is 1. The van der Waals surface area contributed by atoms with E-state index in [1.807, 2.05) is 154 Å². The van der Waals surface area contributed by atoms with Crippen LogP contribution in [-0.2, 0) is 40.8 Å². The number of ether oxygens (including phenoxy) is 2. The molecule has 5 amide bonds. The molecule has 0 spiro atoms. The van der Waals surface area contributed by atoms with E-state index < -0.39 is 60.7 Å². The van der Waals surface area contributed by atoms with Crippen molar-refractivity contribution in [1.29, 1.82) is 0 Å². The molecule has 2 atom stereocenters. The Labute approximate surface area is 340 Å². The van der Waals surface area contributed by atoms with Crippen LogP contribution in [0, 0.1) is 0 Å². The maximum absolute atomic E-state index is 15.2. The second-order valence-electron chi connectivity index (χ2n) is 13.6. The first-order chi connectivity index (χ1) is 28.2. The summed E-state index contributed by atoms with van der Waals surface area (Å²) in [4.78, 5) is 62.1. The number of benzene rings is 5. The minimum atomic E-state index is -1.39. The number of carbonyl (C=O) groups is 4. The molecule has 0 bridgehead atoms. The Morgan fingerprint density at radius 3 is 1.76 bits per heavy atom. The van der Waals surface area contributed by atoms with Crippen molar-refractivity contribution in [3.63, 3.8) is 0 Å². The average molecular weight is 788 g/mol. The van der Waals surface area contributed by atoms with Gasteiger partial charge < -0.3 is 30.3 Å². The molecule has 5 rings (SSSR count). The van der Waals surface area contributed by atoms with Crippen molar-refractivity contribution < 1.29 is 33.5 Å². The third-order valence-electron chi connectivity index (χ3n) is 9.73. The van der Waals surface area contributed by atoms with Crippen molar-refractivity contribution in [3.05, 3.63) is 156 Å². The highest BCUT2D eigenvalue weighted by atomic mass is 16.7. The minimum absolute atomic E-state index is 0.114. The van der Waals surface area contributed by atoms with Crippen LogP contribution in [0.1, 0.15) is 56.4 Å².